The zero-order valence-corrected chi connectivity index (χ0v) is 17.1. The maximum absolute atomic E-state index is 12.7. The van der Waals surface area contributed by atoms with Crippen molar-refractivity contribution in [3.8, 4) is 23.0 Å². The van der Waals surface area contributed by atoms with Crippen molar-refractivity contribution in [2.45, 2.75) is 18.9 Å². The van der Waals surface area contributed by atoms with Gasteiger partial charge < -0.3 is 24.3 Å². The van der Waals surface area contributed by atoms with Crippen LogP contribution in [-0.4, -0.2) is 33.8 Å². The quantitative estimate of drug-likeness (QED) is 0.749. The van der Waals surface area contributed by atoms with Gasteiger partial charge >= 0.3 is 0 Å². The molecule has 0 saturated carbocycles. The Morgan fingerprint density at radius 3 is 2.48 bits per heavy atom. The second kappa shape index (κ2) is 8.52. The molecule has 0 saturated heterocycles. The standard InChI is InChI=1S/C20H22BrNO5/c1-24-17-8-12(9-18(25-2)20(17)26-3)10-19(23)22-15-6-7-27-16-5-4-13(21)11-14(15)16/h4-5,8-9,11,15H,6-7,10H2,1-3H3,(H,22,23). The molecule has 1 unspecified atom stereocenters. The fourth-order valence-corrected chi connectivity index (χ4v) is 3.56. The Hall–Kier alpha value is -2.41. The van der Waals surface area contributed by atoms with E-state index < -0.39 is 0 Å². The number of nitrogens with one attached hydrogen (secondary N) is 1. The molecule has 1 atom stereocenters. The lowest BCUT2D eigenvalue weighted by atomic mass is 10.00. The lowest BCUT2D eigenvalue weighted by Gasteiger charge is -2.27. The number of rotatable bonds is 6. The van der Waals surface area contributed by atoms with Crippen LogP contribution < -0.4 is 24.3 Å². The van der Waals surface area contributed by atoms with Crippen molar-refractivity contribution in [3.05, 3.63) is 45.9 Å². The molecule has 0 aliphatic carbocycles. The number of amides is 1. The third-order valence-electron chi connectivity index (χ3n) is 4.44. The first-order valence-corrected chi connectivity index (χ1v) is 9.35. The highest BCUT2D eigenvalue weighted by atomic mass is 79.9. The predicted octanol–water partition coefficient (Wildman–Crippen LogP) is 3.66. The number of carbonyl (C=O) groups is 1. The number of methoxy groups -OCH3 is 3. The Morgan fingerprint density at radius 1 is 1.15 bits per heavy atom. The average molecular weight is 436 g/mol. The Labute approximate surface area is 166 Å². The molecule has 0 aromatic heterocycles. The van der Waals surface area contributed by atoms with E-state index in [1.54, 1.807) is 33.5 Å². The minimum atomic E-state index is -0.0826. The molecular formula is C20H22BrNO5. The van der Waals surface area contributed by atoms with E-state index in [-0.39, 0.29) is 18.4 Å². The minimum absolute atomic E-state index is 0.0814. The van der Waals surface area contributed by atoms with Crippen molar-refractivity contribution in [3.63, 3.8) is 0 Å². The Kier molecular flexibility index (Phi) is 6.11. The van der Waals surface area contributed by atoms with Crippen molar-refractivity contribution in [1.29, 1.82) is 0 Å². The summed E-state index contributed by atoms with van der Waals surface area (Å²) in [5.41, 5.74) is 1.76. The Morgan fingerprint density at radius 2 is 1.85 bits per heavy atom. The SMILES string of the molecule is COc1cc(CC(=O)NC2CCOc3ccc(Br)cc32)cc(OC)c1OC. The molecule has 1 heterocycles. The molecule has 1 amide bonds. The summed E-state index contributed by atoms with van der Waals surface area (Å²) in [5.74, 6) is 2.29. The third kappa shape index (κ3) is 4.30. The molecule has 0 fully saturated rings. The van der Waals surface area contributed by atoms with E-state index in [4.69, 9.17) is 18.9 Å². The monoisotopic (exact) mass is 435 g/mol. The fraction of sp³-hybridized carbons (Fsp3) is 0.350. The van der Waals surface area contributed by atoms with Crippen LogP contribution in [0.1, 0.15) is 23.6 Å². The summed E-state index contributed by atoms with van der Waals surface area (Å²) < 4.78 is 22.7. The van der Waals surface area contributed by atoms with Gasteiger partial charge in [0.1, 0.15) is 5.75 Å². The van der Waals surface area contributed by atoms with E-state index in [1.165, 1.54) is 0 Å². The number of benzene rings is 2. The molecule has 1 N–H and O–H groups in total. The van der Waals surface area contributed by atoms with Crippen LogP contribution in [0.3, 0.4) is 0 Å². The largest absolute Gasteiger partial charge is 0.493 e. The molecule has 2 aromatic rings. The third-order valence-corrected chi connectivity index (χ3v) is 4.93. The molecule has 2 aromatic carbocycles. The minimum Gasteiger partial charge on any atom is -0.493 e. The van der Waals surface area contributed by atoms with Crippen LogP contribution in [0.5, 0.6) is 23.0 Å². The van der Waals surface area contributed by atoms with Gasteiger partial charge in [0.25, 0.3) is 0 Å². The zero-order valence-electron chi connectivity index (χ0n) is 15.5. The summed E-state index contributed by atoms with van der Waals surface area (Å²) in [7, 11) is 4.66. The molecule has 27 heavy (non-hydrogen) atoms. The van der Waals surface area contributed by atoms with Gasteiger partial charge in [0.05, 0.1) is 40.4 Å². The number of ether oxygens (including phenoxy) is 4. The Bertz CT molecular complexity index is 814. The lowest BCUT2D eigenvalue weighted by Crippen LogP contribution is -2.33. The van der Waals surface area contributed by atoms with Crippen LogP contribution in [0, 0.1) is 0 Å². The fourth-order valence-electron chi connectivity index (χ4n) is 3.18. The van der Waals surface area contributed by atoms with Gasteiger partial charge in [0, 0.05) is 16.5 Å². The van der Waals surface area contributed by atoms with E-state index in [1.807, 2.05) is 18.2 Å². The van der Waals surface area contributed by atoms with E-state index in [9.17, 15) is 4.79 Å². The molecule has 1 aliphatic heterocycles. The van der Waals surface area contributed by atoms with E-state index in [0.29, 0.717) is 23.9 Å². The molecule has 0 bridgehead atoms. The molecule has 1 aliphatic rings. The molecule has 3 rings (SSSR count). The highest BCUT2D eigenvalue weighted by molar-refractivity contribution is 9.10. The van der Waals surface area contributed by atoms with Gasteiger partial charge in [-0.05, 0) is 35.9 Å². The van der Waals surface area contributed by atoms with Gasteiger partial charge in [0.15, 0.2) is 11.5 Å². The van der Waals surface area contributed by atoms with Crippen LogP contribution in [0.25, 0.3) is 0 Å². The number of fused-ring (bicyclic) bond motifs is 1. The van der Waals surface area contributed by atoms with E-state index >= 15 is 0 Å². The first-order valence-electron chi connectivity index (χ1n) is 8.56. The van der Waals surface area contributed by atoms with Crippen molar-refractivity contribution < 1.29 is 23.7 Å². The predicted molar refractivity (Wildman–Crippen MR) is 105 cm³/mol. The normalized spacial score (nSPS) is 15.3. The Balaban J connectivity index is 1.77. The summed E-state index contributed by atoms with van der Waals surface area (Å²) in [4.78, 5) is 12.7. The average Bonchev–Trinajstić information content (AvgIpc) is 2.67. The molecule has 0 spiro atoms. The van der Waals surface area contributed by atoms with Crippen molar-refractivity contribution in [2.75, 3.05) is 27.9 Å². The second-order valence-corrected chi connectivity index (χ2v) is 7.07. The van der Waals surface area contributed by atoms with Crippen LogP contribution in [0.4, 0.5) is 0 Å². The van der Waals surface area contributed by atoms with E-state index in [0.717, 1.165) is 27.8 Å². The van der Waals surface area contributed by atoms with Gasteiger partial charge in [0.2, 0.25) is 11.7 Å². The maximum atomic E-state index is 12.7. The van der Waals surface area contributed by atoms with Crippen molar-refractivity contribution >= 4 is 21.8 Å². The van der Waals surface area contributed by atoms with Gasteiger partial charge in [-0.1, -0.05) is 15.9 Å². The van der Waals surface area contributed by atoms with Crippen LogP contribution in [0.2, 0.25) is 0 Å². The summed E-state index contributed by atoms with van der Waals surface area (Å²) in [6.07, 6.45) is 0.932. The second-order valence-electron chi connectivity index (χ2n) is 6.15. The van der Waals surface area contributed by atoms with Crippen molar-refractivity contribution in [1.82, 2.24) is 5.32 Å². The van der Waals surface area contributed by atoms with Crippen LogP contribution >= 0.6 is 15.9 Å². The zero-order chi connectivity index (χ0) is 19.4. The van der Waals surface area contributed by atoms with Gasteiger partial charge in [-0.3, -0.25) is 4.79 Å². The molecule has 0 radical (unpaired) electrons. The number of halogens is 1. The van der Waals surface area contributed by atoms with Gasteiger partial charge in [-0.2, -0.15) is 0 Å². The summed E-state index contributed by atoms with van der Waals surface area (Å²) in [6, 6.07) is 9.32. The summed E-state index contributed by atoms with van der Waals surface area (Å²) in [5, 5.41) is 3.10. The van der Waals surface area contributed by atoms with Crippen molar-refractivity contribution in [2.24, 2.45) is 0 Å². The van der Waals surface area contributed by atoms with Gasteiger partial charge in [-0.15, -0.1) is 0 Å². The maximum Gasteiger partial charge on any atom is 0.224 e. The molecular weight excluding hydrogens is 414 g/mol. The summed E-state index contributed by atoms with van der Waals surface area (Å²) >= 11 is 3.48. The molecule has 144 valence electrons. The van der Waals surface area contributed by atoms with Gasteiger partial charge in [-0.25, -0.2) is 0 Å². The van der Waals surface area contributed by atoms with Crippen LogP contribution in [0.15, 0.2) is 34.8 Å². The number of hydrogen-bond acceptors (Lipinski definition) is 5. The summed E-state index contributed by atoms with van der Waals surface area (Å²) in [6.45, 7) is 0.573. The number of hydrogen-bond donors (Lipinski definition) is 1. The highest BCUT2D eigenvalue weighted by Gasteiger charge is 2.24. The van der Waals surface area contributed by atoms with Crippen LogP contribution in [-0.2, 0) is 11.2 Å². The lowest BCUT2D eigenvalue weighted by molar-refractivity contribution is -0.121. The first kappa shape index (κ1) is 19.4. The first-order chi connectivity index (χ1) is 13.0. The molecule has 6 nitrogen and oxygen atoms in total. The topological polar surface area (TPSA) is 66.0 Å². The molecule has 7 heteroatoms. The number of carbonyl (C=O) groups excluding carboxylic acids is 1. The smallest absolute Gasteiger partial charge is 0.224 e. The highest BCUT2D eigenvalue weighted by Crippen LogP contribution is 2.38. The van der Waals surface area contributed by atoms with E-state index in [2.05, 4.69) is 21.2 Å².